The SMILES string of the molecule is CCCN1C(=O)N(Cc2nnc(SC)s2)C(=O)C1CC. The second-order valence-corrected chi connectivity index (χ2v) is 6.61. The van der Waals surface area contributed by atoms with Gasteiger partial charge in [0.2, 0.25) is 0 Å². The maximum Gasteiger partial charge on any atom is 0.327 e. The summed E-state index contributed by atoms with van der Waals surface area (Å²) in [5.74, 6) is -0.119. The molecule has 0 saturated carbocycles. The zero-order valence-corrected chi connectivity index (χ0v) is 13.5. The smallest absolute Gasteiger partial charge is 0.312 e. The highest BCUT2D eigenvalue weighted by molar-refractivity contribution is 8.00. The van der Waals surface area contributed by atoms with Crippen LogP contribution in [0.15, 0.2) is 4.34 Å². The minimum absolute atomic E-state index is 0.119. The molecule has 0 radical (unpaired) electrons. The van der Waals surface area contributed by atoms with E-state index in [4.69, 9.17) is 0 Å². The standard InChI is InChI=1S/C12H18N4O2S2/c1-4-6-15-8(5-2)10(17)16(12(15)18)7-9-13-14-11(19-3)20-9/h8H,4-7H2,1-3H3. The van der Waals surface area contributed by atoms with Crippen molar-refractivity contribution in [3.8, 4) is 0 Å². The van der Waals surface area contributed by atoms with Crippen molar-refractivity contribution in [2.24, 2.45) is 0 Å². The van der Waals surface area contributed by atoms with Gasteiger partial charge in [0.15, 0.2) is 4.34 Å². The molecule has 3 amide bonds. The van der Waals surface area contributed by atoms with E-state index in [0.29, 0.717) is 18.0 Å². The average Bonchev–Trinajstić information content (AvgIpc) is 2.98. The Labute approximate surface area is 126 Å². The van der Waals surface area contributed by atoms with Gasteiger partial charge in [0, 0.05) is 6.54 Å². The molecule has 1 saturated heterocycles. The molecule has 0 spiro atoms. The first-order valence-corrected chi connectivity index (χ1v) is 8.64. The number of urea groups is 1. The van der Waals surface area contributed by atoms with Crippen LogP contribution in [-0.2, 0) is 11.3 Å². The first-order chi connectivity index (χ1) is 9.62. The van der Waals surface area contributed by atoms with Gasteiger partial charge in [0.05, 0.1) is 6.54 Å². The van der Waals surface area contributed by atoms with Crippen LogP contribution in [0.3, 0.4) is 0 Å². The Bertz CT molecular complexity index is 505. The molecular weight excluding hydrogens is 296 g/mol. The summed E-state index contributed by atoms with van der Waals surface area (Å²) in [6, 6.07) is -0.528. The number of amides is 3. The molecule has 6 nitrogen and oxygen atoms in total. The van der Waals surface area contributed by atoms with Crippen LogP contribution in [0, 0.1) is 0 Å². The van der Waals surface area contributed by atoms with Gasteiger partial charge in [-0.25, -0.2) is 4.79 Å². The van der Waals surface area contributed by atoms with E-state index in [-0.39, 0.29) is 24.5 Å². The Balaban J connectivity index is 2.14. The number of thioether (sulfide) groups is 1. The van der Waals surface area contributed by atoms with Gasteiger partial charge in [-0.3, -0.25) is 9.69 Å². The molecule has 0 aliphatic carbocycles. The van der Waals surface area contributed by atoms with Crippen LogP contribution in [0.5, 0.6) is 0 Å². The Morgan fingerprint density at radius 2 is 2.05 bits per heavy atom. The minimum atomic E-state index is -0.324. The van der Waals surface area contributed by atoms with Gasteiger partial charge in [0.1, 0.15) is 11.0 Å². The molecule has 2 rings (SSSR count). The zero-order chi connectivity index (χ0) is 14.7. The van der Waals surface area contributed by atoms with Gasteiger partial charge in [-0.2, -0.15) is 0 Å². The highest BCUT2D eigenvalue weighted by atomic mass is 32.2. The lowest BCUT2D eigenvalue weighted by Crippen LogP contribution is -2.35. The van der Waals surface area contributed by atoms with Crippen LogP contribution in [0.2, 0.25) is 0 Å². The summed E-state index contributed by atoms with van der Waals surface area (Å²) in [7, 11) is 0. The molecule has 2 heterocycles. The lowest BCUT2D eigenvalue weighted by Gasteiger charge is -2.19. The Morgan fingerprint density at radius 3 is 2.60 bits per heavy atom. The molecule has 20 heavy (non-hydrogen) atoms. The van der Waals surface area contributed by atoms with Crippen LogP contribution in [0.4, 0.5) is 4.79 Å². The molecule has 0 bridgehead atoms. The van der Waals surface area contributed by atoms with Gasteiger partial charge in [-0.1, -0.05) is 36.9 Å². The van der Waals surface area contributed by atoms with E-state index in [1.807, 2.05) is 20.1 Å². The van der Waals surface area contributed by atoms with Gasteiger partial charge < -0.3 is 4.90 Å². The summed E-state index contributed by atoms with van der Waals surface area (Å²) in [4.78, 5) is 27.6. The molecule has 1 aromatic heterocycles. The first-order valence-electron chi connectivity index (χ1n) is 6.60. The largest absolute Gasteiger partial charge is 0.327 e. The fourth-order valence-corrected chi connectivity index (χ4v) is 3.55. The van der Waals surface area contributed by atoms with E-state index in [1.165, 1.54) is 28.0 Å². The van der Waals surface area contributed by atoms with Crippen LogP contribution >= 0.6 is 23.1 Å². The molecular formula is C12H18N4O2S2. The second kappa shape index (κ2) is 6.53. The number of hydrogen-bond donors (Lipinski definition) is 0. The number of imide groups is 1. The maximum absolute atomic E-state index is 12.3. The number of carbonyl (C=O) groups is 2. The third-order valence-corrected chi connectivity index (χ3v) is 5.05. The number of hydrogen-bond acceptors (Lipinski definition) is 6. The van der Waals surface area contributed by atoms with Crippen molar-refractivity contribution in [2.75, 3.05) is 12.8 Å². The second-order valence-electron chi connectivity index (χ2n) is 4.49. The number of nitrogens with zero attached hydrogens (tertiary/aromatic N) is 4. The molecule has 110 valence electrons. The average molecular weight is 314 g/mol. The first kappa shape index (κ1) is 15.2. The normalized spacial score (nSPS) is 19.2. The Morgan fingerprint density at radius 1 is 1.30 bits per heavy atom. The summed E-state index contributed by atoms with van der Waals surface area (Å²) in [5.41, 5.74) is 0. The fraction of sp³-hybridized carbons (Fsp3) is 0.667. The fourth-order valence-electron chi connectivity index (χ4n) is 2.25. The van der Waals surface area contributed by atoms with Crippen LogP contribution in [-0.4, -0.2) is 50.8 Å². The van der Waals surface area contributed by atoms with Crippen molar-refractivity contribution in [3.63, 3.8) is 0 Å². The maximum atomic E-state index is 12.3. The van der Waals surface area contributed by atoms with Gasteiger partial charge in [0.25, 0.3) is 5.91 Å². The van der Waals surface area contributed by atoms with E-state index in [1.54, 1.807) is 4.90 Å². The molecule has 1 fully saturated rings. The molecule has 1 atom stereocenters. The van der Waals surface area contributed by atoms with Gasteiger partial charge in [-0.15, -0.1) is 10.2 Å². The van der Waals surface area contributed by atoms with Crippen molar-refractivity contribution in [3.05, 3.63) is 5.01 Å². The molecule has 0 N–H and O–H groups in total. The zero-order valence-electron chi connectivity index (χ0n) is 11.8. The van der Waals surface area contributed by atoms with Crippen LogP contribution in [0.1, 0.15) is 31.7 Å². The predicted molar refractivity (Wildman–Crippen MR) is 78.7 cm³/mol. The lowest BCUT2D eigenvalue weighted by molar-refractivity contribution is -0.128. The molecule has 8 heteroatoms. The Kier molecular flexibility index (Phi) is 4.98. The van der Waals surface area contributed by atoms with Crippen molar-refractivity contribution in [1.29, 1.82) is 0 Å². The van der Waals surface area contributed by atoms with Crippen LogP contribution in [0.25, 0.3) is 0 Å². The van der Waals surface area contributed by atoms with E-state index < -0.39 is 0 Å². The summed E-state index contributed by atoms with van der Waals surface area (Å²) in [5, 5.41) is 8.71. The van der Waals surface area contributed by atoms with Crippen LogP contribution < -0.4 is 0 Å². The van der Waals surface area contributed by atoms with E-state index in [2.05, 4.69) is 10.2 Å². The summed E-state index contributed by atoms with van der Waals surface area (Å²) < 4.78 is 0.844. The Hall–Kier alpha value is -1.15. The summed E-state index contributed by atoms with van der Waals surface area (Å²) in [6.07, 6.45) is 3.42. The molecule has 1 aromatic rings. The predicted octanol–water partition coefficient (Wildman–Crippen LogP) is 2.21. The molecule has 1 unspecified atom stereocenters. The van der Waals surface area contributed by atoms with E-state index >= 15 is 0 Å². The van der Waals surface area contributed by atoms with E-state index in [9.17, 15) is 9.59 Å². The number of aromatic nitrogens is 2. The number of carbonyl (C=O) groups excluding carboxylic acids is 2. The molecule has 1 aliphatic rings. The van der Waals surface area contributed by atoms with Gasteiger partial charge in [-0.05, 0) is 19.1 Å². The summed E-state index contributed by atoms with van der Waals surface area (Å²) in [6.45, 7) is 4.78. The monoisotopic (exact) mass is 314 g/mol. The summed E-state index contributed by atoms with van der Waals surface area (Å²) >= 11 is 2.93. The quantitative estimate of drug-likeness (QED) is 0.595. The van der Waals surface area contributed by atoms with Crippen molar-refractivity contribution < 1.29 is 9.59 Å². The minimum Gasteiger partial charge on any atom is -0.312 e. The highest BCUT2D eigenvalue weighted by Crippen LogP contribution is 2.25. The third-order valence-electron chi connectivity index (χ3n) is 3.17. The third kappa shape index (κ3) is 2.80. The molecule has 1 aliphatic heterocycles. The topological polar surface area (TPSA) is 66.4 Å². The van der Waals surface area contributed by atoms with E-state index in [0.717, 1.165) is 10.8 Å². The van der Waals surface area contributed by atoms with Crippen molar-refractivity contribution in [2.45, 2.75) is 43.6 Å². The lowest BCUT2D eigenvalue weighted by atomic mass is 10.2. The van der Waals surface area contributed by atoms with Crippen molar-refractivity contribution in [1.82, 2.24) is 20.0 Å². The van der Waals surface area contributed by atoms with Gasteiger partial charge >= 0.3 is 6.03 Å². The number of rotatable bonds is 6. The highest BCUT2D eigenvalue weighted by Gasteiger charge is 2.43. The molecule has 0 aromatic carbocycles. The van der Waals surface area contributed by atoms with Crippen molar-refractivity contribution >= 4 is 35.0 Å².